The molecule has 0 unspecified atom stereocenters. The van der Waals surface area contributed by atoms with Crippen LogP contribution in [0, 0.1) is 0 Å². The predicted octanol–water partition coefficient (Wildman–Crippen LogP) is 3.42. The highest BCUT2D eigenvalue weighted by Crippen LogP contribution is 2.38. The SMILES string of the molecule is NC(=O)Oc1[nH]c2ccccc2c1Oc1ccccc1. The number of primary amides is 1. The molecule has 0 aliphatic heterocycles. The predicted molar refractivity (Wildman–Crippen MR) is 75.0 cm³/mol. The van der Waals surface area contributed by atoms with Crippen molar-refractivity contribution in [3.05, 3.63) is 54.6 Å². The summed E-state index contributed by atoms with van der Waals surface area (Å²) in [7, 11) is 0. The number of H-pyrrole nitrogens is 1. The topological polar surface area (TPSA) is 77.3 Å². The standard InChI is InChI=1S/C15H12N2O3/c16-15(18)20-14-13(19-10-6-2-1-3-7-10)11-8-4-5-9-12(11)17-14/h1-9,17H,(H2,16,18). The van der Waals surface area contributed by atoms with E-state index in [9.17, 15) is 4.79 Å². The molecule has 1 amide bonds. The molecule has 0 atom stereocenters. The van der Waals surface area contributed by atoms with E-state index in [-0.39, 0.29) is 5.88 Å². The molecule has 3 N–H and O–H groups in total. The first-order chi connectivity index (χ1) is 9.74. The van der Waals surface area contributed by atoms with Crippen molar-refractivity contribution in [1.29, 1.82) is 0 Å². The van der Waals surface area contributed by atoms with Crippen LogP contribution in [-0.4, -0.2) is 11.1 Å². The van der Waals surface area contributed by atoms with E-state index >= 15 is 0 Å². The summed E-state index contributed by atoms with van der Waals surface area (Å²) in [5, 5.41) is 0.813. The Labute approximate surface area is 114 Å². The van der Waals surface area contributed by atoms with Crippen molar-refractivity contribution in [2.75, 3.05) is 0 Å². The van der Waals surface area contributed by atoms with Crippen molar-refractivity contribution in [3.8, 4) is 17.4 Å². The smallest absolute Gasteiger partial charge is 0.411 e. The first kappa shape index (κ1) is 12.1. The Kier molecular flexibility index (Phi) is 3.01. The van der Waals surface area contributed by atoms with E-state index in [0.717, 1.165) is 10.9 Å². The Hall–Kier alpha value is -2.95. The number of amides is 1. The number of nitrogens with one attached hydrogen (secondary N) is 1. The Morgan fingerprint density at radius 1 is 1.00 bits per heavy atom. The van der Waals surface area contributed by atoms with Gasteiger partial charge in [0, 0.05) is 5.39 Å². The molecule has 0 aliphatic carbocycles. The Morgan fingerprint density at radius 3 is 2.45 bits per heavy atom. The third-order valence-corrected chi connectivity index (χ3v) is 2.79. The van der Waals surface area contributed by atoms with Crippen LogP contribution in [0.15, 0.2) is 54.6 Å². The first-order valence-electron chi connectivity index (χ1n) is 6.05. The molecule has 20 heavy (non-hydrogen) atoms. The van der Waals surface area contributed by atoms with Crippen molar-refractivity contribution in [2.24, 2.45) is 5.73 Å². The van der Waals surface area contributed by atoms with Gasteiger partial charge in [-0.1, -0.05) is 30.3 Å². The Morgan fingerprint density at radius 2 is 1.70 bits per heavy atom. The fraction of sp³-hybridized carbons (Fsp3) is 0. The lowest BCUT2D eigenvalue weighted by molar-refractivity contribution is 0.208. The molecule has 0 saturated heterocycles. The average Bonchev–Trinajstić information content (AvgIpc) is 2.77. The second-order valence-electron chi connectivity index (χ2n) is 4.17. The lowest BCUT2D eigenvalue weighted by Crippen LogP contribution is -2.16. The third-order valence-electron chi connectivity index (χ3n) is 2.79. The van der Waals surface area contributed by atoms with Crippen LogP contribution in [0.1, 0.15) is 0 Å². The van der Waals surface area contributed by atoms with Gasteiger partial charge in [0.15, 0.2) is 5.75 Å². The van der Waals surface area contributed by atoms with Gasteiger partial charge in [-0.05, 0) is 24.3 Å². The van der Waals surface area contributed by atoms with Gasteiger partial charge in [0.2, 0.25) is 5.88 Å². The number of hydrogen-bond acceptors (Lipinski definition) is 3. The van der Waals surface area contributed by atoms with Crippen LogP contribution < -0.4 is 15.2 Å². The van der Waals surface area contributed by atoms with E-state index in [1.165, 1.54) is 0 Å². The highest BCUT2D eigenvalue weighted by molar-refractivity contribution is 5.90. The number of hydrogen-bond donors (Lipinski definition) is 2. The van der Waals surface area contributed by atoms with Crippen LogP contribution in [0.5, 0.6) is 17.4 Å². The van der Waals surface area contributed by atoms with Gasteiger partial charge < -0.3 is 20.2 Å². The summed E-state index contributed by atoms with van der Waals surface area (Å²) >= 11 is 0. The van der Waals surface area contributed by atoms with E-state index < -0.39 is 6.09 Å². The lowest BCUT2D eigenvalue weighted by atomic mass is 10.2. The monoisotopic (exact) mass is 268 g/mol. The maximum absolute atomic E-state index is 11.0. The number of aromatic amines is 1. The van der Waals surface area contributed by atoms with Crippen LogP contribution in [0.2, 0.25) is 0 Å². The number of fused-ring (bicyclic) bond motifs is 1. The summed E-state index contributed by atoms with van der Waals surface area (Å²) in [4.78, 5) is 13.9. The number of para-hydroxylation sites is 2. The summed E-state index contributed by atoms with van der Waals surface area (Å²) < 4.78 is 10.8. The molecule has 3 rings (SSSR count). The third kappa shape index (κ3) is 2.29. The number of benzene rings is 2. The van der Waals surface area contributed by atoms with Crippen molar-refractivity contribution in [1.82, 2.24) is 4.98 Å². The minimum Gasteiger partial charge on any atom is -0.451 e. The lowest BCUT2D eigenvalue weighted by Gasteiger charge is -2.06. The van der Waals surface area contributed by atoms with Gasteiger partial charge in [-0.2, -0.15) is 0 Å². The number of carbonyl (C=O) groups excluding carboxylic acids is 1. The Balaban J connectivity index is 2.08. The van der Waals surface area contributed by atoms with Gasteiger partial charge in [-0.25, -0.2) is 4.79 Å². The van der Waals surface area contributed by atoms with Crippen molar-refractivity contribution < 1.29 is 14.3 Å². The molecule has 1 heterocycles. The largest absolute Gasteiger partial charge is 0.451 e. The Bertz CT molecular complexity index is 750. The van der Waals surface area contributed by atoms with Crippen LogP contribution in [0.25, 0.3) is 10.9 Å². The maximum Gasteiger partial charge on any atom is 0.411 e. The quantitative estimate of drug-likeness (QED) is 0.764. The molecule has 1 aromatic heterocycles. The highest BCUT2D eigenvalue weighted by Gasteiger charge is 2.16. The zero-order valence-corrected chi connectivity index (χ0v) is 10.5. The van der Waals surface area contributed by atoms with E-state index in [1.807, 2.05) is 54.6 Å². The molecule has 0 aliphatic rings. The number of aromatic nitrogens is 1. The normalized spacial score (nSPS) is 10.4. The molecule has 0 fully saturated rings. The van der Waals surface area contributed by atoms with Gasteiger partial charge >= 0.3 is 6.09 Å². The summed E-state index contributed by atoms with van der Waals surface area (Å²) in [5.74, 6) is 1.28. The van der Waals surface area contributed by atoms with Crippen molar-refractivity contribution in [2.45, 2.75) is 0 Å². The summed E-state index contributed by atoms with van der Waals surface area (Å²) in [6.07, 6.45) is -0.894. The van der Waals surface area contributed by atoms with Crippen molar-refractivity contribution >= 4 is 17.0 Å². The summed E-state index contributed by atoms with van der Waals surface area (Å²) in [5.41, 5.74) is 5.87. The number of ether oxygens (including phenoxy) is 2. The second-order valence-corrected chi connectivity index (χ2v) is 4.17. The summed E-state index contributed by atoms with van der Waals surface area (Å²) in [6, 6.07) is 16.7. The van der Waals surface area contributed by atoms with Gasteiger partial charge in [-0.3, -0.25) is 0 Å². The van der Waals surface area contributed by atoms with E-state index in [0.29, 0.717) is 11.5 Å². The van der Waals surface area contributed by atoms with Gasteiger partial charge in [-0.15, -0.1) is 0 Å². The zero-order valence-electron chi connectivity index (χ0n) is 10.5. The fourth-order valence-electron chi connectivity index (χ4n) is 1.97. The van der Waals surface area contributed by atoms with Crippen LogP contribution in [-0.2, 0) is 0 Å². The molecule has 0 spiro atoms. The summed E-state index contributed by atoms with van der Waals surface area (Å²) in [6.45, 7) is 0. The molecular weight excluding hydrogens is 256 g/mol. The van der Waals surface area contributed by atoms with Crippen LogP contribution in [0.4, 0.5) is 4.79 Å². The van der Waals surface area contributed by atoms with E-state index in [1.54, 1.807) is 0 Å². The second kappa shape index (κ2) is 4.97. The van der Waals surface area contributed by atoms with Crippen molar-refractivity contribution in [3.63, 3.8) is 0 Å². The molecule has 3 aromatic rings. The van der Waals surface area contributed by atoms with Gasteiger partial charge in [0.1, 0.15) is 5.75 Å². The van der Waals surface area contributed by atoms with E-state index in [4.69, 9.17) is 15.2 Å². The van der Waals surface area contributed by atoms with E-state index in [2.05, 4.69) is 4.98 Å². The number of carbonyl (C=O) groups is 1. The number of rotatable bonds is 3. The average molecular weight is 268 g/mol. The van der Waals surface area contributed by atoms with Crippen LogP contribution >= 0.6 is 0 Å². The minimum absolute atomic E-state index is 0.197. The van der Waals surface area contributed by atoms with Gasteiger partial charge in [0.05, 0.1) is 5.52 Å². The first-order valence-corrected chi connectivity index (χ1v) is 6.05. The molecule has 100 valence electrons. The molecule has 0 bridgehead atoms. The van der Waals surface area contributed by atoms with Crippen LogP contribution in [0.3, 0.4) is 0 Å². The number of nitrogens with two attached hydrogens (primary N) is 1. The molecule has 0 saturated carbocycles. The molecule has 5 nitrogen and oxygen atoms in total. The molecule has 5 heteroatoms. The highest BCUT2D eigenvalue weighted by atomic mass is 16.6. The molecule has 0 radical (unpaired) electrons. The maximum atomic E-state index is 11.0. The minimum atomic E-state index is -0.894. The zero-order chi connectivity index (χ0) is 13.9. The fourth-order valence-corrected chi connectivity index (χ4v) is 1.97. The molecule has 2 aromatic carbocycles. The molecular formula is C15H12N2O3. The van der Waals surface area contributed by atoms with Gasteiger partial charge in [0.25, 0.3) is 0 Å².